The number of hydrogen-bond donors (Lipinski definition) is 2. The zero-order valence-corrected chi connectivity index (χ0v) is 16.7. The fourth-order valence-corrected chi connectivity index (χ4v) is 3.65. The van der Waals surface area contributed by atoms with Crippen LogP contribution in [0, 0.1) is 0 Å². The molecule has 28 heavy (non-hydrogen) atoms. The van der Waals surface area contributed by atoms with Crippen LogP contribution in [0.4, 0.5) is 0 Å². The Hall–Kier alpha value is -2.08. The van der Waals surface area contributed by atoms with Crippen LogP contribution in [0.5, 0.6) is 5.75 Å². The van der Waals surface area contributed by atoms with Gasteiger partial charge in [0.1, 0.15) is 19.0 Å². The van der Waals surface area contributed by atoms with Crippen LogP contribution in [-0.2, 0) is 22.4 Å². The summed E-state index contributed by atoms with van der Waals surface area (Å²) in [5, 5.41) is 14.5. The van der Waals surface area contributed by atoms with E-state index in [2.05, 4.69) is 17.4 Å². The van der Waals surface area contributed by atoms with Crippen molar-refractivity contribution in [1.29, 1.82) is 0 Å². The SMILES string of the molecule is CC(=O)OCCOc1ccc2c(c1)C[C@@H](NC[C@H](O)c1cccc(Cl)c1)CC2. The van der Waals surface area contributed by atoms with Crippen LogP contribution in [0.2, 0.25) is 5.02 Å². The summed E-state index contributed by atoms with van der Waals surface area (Å²) in [6.07, 6.45) is 2.32. The zero-order valence-electron chi connectivity index (χ0n) is 16.0. The van der Waals surface area contributed by atoms with Gasteiger partial charge in [0.25, 0.3) is 0 Å². The maximum absolute atomic E-state index is 10.8. The topological polar surface area (TPSA) is 67.8 Å². The molecule has 0 fully saturated rings. The van der Waals surface area contributed by atoms with Crippen molar-refractivity contribution >= 4 is 17.6 Å². The number of ether oxygens (including phenoxy) is 2. The predicted octanol–water partition coefficient (Wildman–Crippen LogP) is 3.46. The van der Waals surface area contributed by atoms with Gasteiger partial charge in [0.05, 0.1) is 6.10 Å². The summed E-state index contributed by atoms with van der Waals surface area (Å²) in [4.78, 5) is 10.8. The molecule has 0 bridgehead atoms. The number of aliphatic hydroxyl groups excluding tert-OH is 1. The van der Waals surface area contributed by atoms with Crippen molar-refractivity contribution in [2.75, 3.05) is 19.8 Å². The van der Waals surface area contributed by atoms with Crippen molar-refractivity contribution in [3.8, 4) is 5.75 Å². The first-order valence-electron chi connectivity index (χ1n) is 9.56. The lowest BCUT2D eigenvalue weighted by atomic mass is 9.88. The quantitative estimate of drug-likeness (QED) is 0.522. The average Bonchev–Trinajstić information content (AvgIpc) is 2.69. The molecule has 1 aliphatic rings. The van der Waals surface area contributed by atoms with Crippen LogP contribution in [0.25, 0.3) is 0 Å². The van der Waals surface area contributed by atoms with Crippen LogP contribution < -0.4 is 10.1 Å². The van der Waals surface area contributed by atoms with Crippen molar-refractivity contribution in [3.05, 3.63) is 64.2 Å². The highest BCUT2D eigenvalue weighted by atomic mass is 35.5. The maximum atomic E-state index is 10.8. The molecule has 1 aliphatic carbocycles. The molecule has 3 rings (SSSR count). The minimum atomic E-state index is -0.587. The first-order chi connectivity index (χ1) is 13.5. The average molecular weight is 404 g/mol. The number of carbonyl (C=O) groups is 1. The third kappa shape index (κ3) is 5.96. The summed E-state index contributed by atoms with van der Waals surface area (Å²) in [5.74, 6) is 0.480. The monoisotopic (exact) mass is 403 g/mol. The van der Waals surface area contributed by atoms with Crippen molar-refractivity contribution in [2.45, 2.75) is 38.3 Å². The van der Waals surface area contributed by atoms with Gasteiger partial charge < -0.3 is 19.9 Å². The molecule has 0 aliphatic heterocycles. The number of halogens is 1. The van der Waals surface area contributed by atoms with Gasteiger partial charge in [0, 0.05) is 24.5 Å². The lowest BCUT2D eigenvalue weighted by Gasteiger charge is -2.27. The Morgan fingerprint density at radius 2 is 2.11 bits per heavy atom. The number of nitrogens with one attached hydrogen (secondary N) is 1. The van der Waals surface area contributed by atoms with E-state index >= 15 is 0 Å². The second-order valence-corrected chi connectivity index (χ2v) is 7.47. The second kappa shape index (κ2) is 9.92. The van der Waals surface area contributed by atoms with Gasteiger partial charge in [-0.2, -0.15) is 0 Å². The molecule has 150 valence electrons. The third-order valence-electron chi connectivity index (χ3n) is 4.90. The summed E-state index contributed by atoms with van der Waals surface area (Å²) in [6.45, 7) is 2.46. The number of aryl methyl sites for hydroxylation is 1. The number of esters is 1. The molecule has 0 aromatic heterocycles. The van der Waals surface area contributed by atoms with E-state index in [0.717, 1.165) is 30.6 Å². The van der Waals surface area contributed by atoms with E-state index in [1.54, 1.807) is 12.1 Å². The van der Waals surface area contributed by atoms with Crippen LogP contribution in [-0.4, -0.2) is 36.9 Å². The molecular formula is C22H26ClNO4. The standard InChI is InChI=1S/C22H26ClNO4/c1-15(25)27-9-10-28-21-8-6-16-5-7-20(12-18(16)13-21)24-14-22(26)17-3-2-4-19(23)11-17/h2-4,6,8,11,13,20,22,24,26H,5,7,9-10,12,14H2,1H3/t20-,22-/m0/s1. The Morgan fingerprint density at radius 3 is 2.89 bits per heavy atom. The third-order valence-corrected chi connectivity index (χ3v) is 5.13. The van der Waals surface area contributed by atoms with Gasteiger partial charge >= 0.3 is 5.97 Å². The number of aliphatic hydroxyl groups is 1. The van der Waals surface area contributed by atoms with Crippen LogP contribution in [0.15, 0.2) is 42.5 Å². The van der Waals surface area contributed by atoms with E-state index in [4.69, 9.17) is 21.1 Å². The number of rotatable bonds is 8. The highest BCUT2D eigenvalue weighted by molar-refractivity contribution is 6.30. The second-order valence-electron chi connectivity index (χ2n) is 7.04. The normalized spacial score (nSPS) is 16.9. The highest BCUT2D eigenvalue weighted by Crippen LogP contribution is 2.26. The van der Waals surface area contributed by atoms with Crippen LogP contribution in [0.1, 0.15) is 36.1 Å². The molecule has 0 spiro atoms. The Labute approximate surface area is 170 Å². The fourth-order valence-electron chi connectivity index (χ4n) is 3.45. The molecule has 0 heterocycles. The summed E-state index contributed by atoms with van der Waals surface area (Å²) >= 11 is 6.00. The van der Waals surface area contributed by atoms with E-state index in [1.807, 2.05) is 18.2 Å². The fraction of sp³-hybridized carbons (Fsp3) is 0.409. The minimum absolute atomic E-state index is 0.248. The first-order valence-corrected chi connectivity index (χ1v) is 9.94. The number of carbonyl (C=O) groups excluding carboxylic acids is 1. The lowest BCUT2D eigenvalue weighted by Crippen LogP contribution is -2.37. The van der Waals surface area contributed by atoms with Crippen molar-refractivity contribution in [2.24, 2.45) is 0 Å². The van der Waals surface area contributed by atoms with E-state index in [-0.39, 0.29) is 12.6 Å². The van der Waals surface area contributed by atoms with Gasteiger partial charge in [-0.25, -0.2) is 0 Å². The molecule has 2 N–H and O–H groups in total. The Morgan fingerprint density at radius 1 is 1.25 bits per heavy atom. The van der Waals surface area contributed by atoms with E-state index < -0.39 is 6.10 Å². The minimum Gasteiger partial charge on any atom is -0.490 e. The summed E-state index contributed by atoms with van der Waals surface area (Å²) in [6, 6.07) is 13.8. The van der Waals surface area contributed by atoms with Gasteiger partial charge in [0.2, 0.25) is 0 Å². The van der Waals surface area contributed by atoms with Gasteiger partial charge in [-0.1, -0.05) is 29.8 Å². The number of fused-ring (bicyclic) bond motifs is 1. The van der Waals surface area contributed by atoms with Gasteiger partial charge in [-0.05, 0) is 60.2 Å². The summed E-state index contributed by atoms with van der Waals surface area (Å²) < 4.78 is 10.6. The van der Waals surface area contributed by atoms with Crippen molar-refractivity contribution in [1.82, 2.24) is 5.32 Å². The van der Waals surface area contributed by atoms with E-state index in [9.17, 15) is 9.90 Å². The Balaban J connectivity index is 1.51. The molecule has 2 atom stereocenters. The molecule has 0 saturated heterocycles. The van der Waals surface area contributed by atoms with E-state index in [1.165, 1.54) is 18.1 Å². The van der Waals surface area contributed by atoms with E-state index in [0.29, 0.717) is 24.2 Å². The van der Waals surface area contributed by atoms with Gasteiger partial charge in [-0.15, -0.1) is 0 Å². The molecule has 0 radical (unpaired) electrons. The molecule has 0 saturated carbocycles. The molecular weight excluding hydrogens is 378 g/mol. The smallest absolute Gasteiger partial charge is 0.302 e. The summed E-state index contributed by atoms with van der Waals surface area (Å²) in [7, 11) is 0. The largest absolute Gasteiger partial charge is 0.490 e. The number of hydrogen-bond acceptors (Lipinski definition) is 5. The molecule has 2 aromatic rings. The molecule has 0 unspecified atom stereocenters. The van der Waals surface area contributed by atoms with Crippen molar-refractivity contribution < 1.29 is 19.4 Å². The molecule has 0 amide bonds. The lowest BCUT2D eigenvalue weighted by molar-refractivity contribution is -0.141. The summed E-state index contributed by atoms with van der Waals surface area (Å²) in [5.41, 5.74) is 3.41. The predicted molar refractivity (Wildman–Crippen MR) is 109 cm³/mol. The van der Waals surface area contributed by atoms with Crippen molar-refractivity contribution in [3.63, 3.8) is 0 Å². The maximum Gasteiger partial charge on any atom is 0.302 e. The molecule has 2 aromatic carbocycles. The Kier molecular flexibility index (Phi) is 7.31. The molecule has 5 nitrogen and oxygen atoms in total. The van der Waals surface area contributed by atoms with Gasteiger partial charge in [0.15, 0.2) is 0 Å². The van der Waals surface area contributed by atoms with Crippen LogP contribution >= 0.6 is 11.6 Å². The Bertz CT molecular complexity index is 811. The zero-order chi connectivity index (χ0) is 19.9. The van der Waals surface area contributed by atoms with Crippen LogP contribution in [0.3, 0.4) is 0 Å². The highest BCUT2D eigenvalue weighted by Gasteiger charge is 2.20. The van der Waals surface area contributed by atoms with Gasteiger partial charge in [-0.3, -0.25) is 4.79 Å². The first kappa shape index (κ1) is 20.6. The molecule has 6 heteroatoms. The number of benzene rings is 2.